The quantitative estimate of drug-likeness (QED) is 0.723. The summed E-state index contributed by atoms with van der Waals surface area (Å²) < 4.78 is 9.99. The van der Waals surface area contributed by atoms with Gasteiger partial charge in [0, 0.05) is 24.0 Å². The number of methoxy groups -OCH3 is 1. The van der Waals surface area contributed by atoms with Gasteiger partial charge in [-0.25, -0.2) is 9.78 Å². The number of ether oxygens (including phenoxy) is 2. The van der Waals surface area contributed by atoms with Crippen LogP contribution in [0.5, 0.6) is 0 Å². The summed E-state index contributed by atoms with van der Waals surface area (Å²) in [5.41, 5.74) is 2.19. The molecular weight excluding hydrogens is 214 g/mol. The predicted octanol–water partition coefficient (Wildman–Crippen LogP) is 1.82. The van der Waals surface area contributed by atoms with Crippen molar-refractivity contribution in [2.24, 2.45) is 0 Å². The number of rotatable bonds is 2. The van der Waals surface area contributed by atoms with E-state index >= 15 is 0 Å². The molecule has 1 saturated heterocycles. The maximum absolute atomic E-state index is 11.4. The second-order valence-electron chi connectivity index (χ2n) is 3.44. The average molecular weight is 227 g/mol. The lowest BCUT2D eigenvalue weighted by atomic mass is 9.97. The van der Waals surface area contributed by atoms with Crippen LogP contribution >= 0.6 is 11.3 Å². The Bertz CT molecular complexity index is 344. The Morgan fingerprint density at radius 3 is 3.00 bits per heavy atom. The van der Waals surface area contributed by atoms with E-state index in [1.165, 1.54) is 18.4 Å². The van der Waals surface area contributed by atoms with Crippen LogP contribution < -0.4 is 0 Å². The number of carbonyl (C=O) groups is 1. The molecule has 1 aliphatic rings. The zero-order valence-corrected chi connectivity index (χ0v) is 9.38. The first-order chi connectivity index (χ1) is 7.33. The molecule has 1 aromatic heterocycles. The minimum atomic E-state index is -0.335. The molecule has 2 rings (SSSR count). The number of esters is 1. The molecule has 0 saturated carbocycles. The summed E-state index contributed by atoms with van der Waals surface area (Å²) in [7, 11) is 1.38. The van der Waals surface area contributed by atoms with E-state index in [2.05, 4.69) is 4.98 Å². The molecule has 1 fully saturated rings. The van der Waals surface area contributed by atoms with E-state index in [4.69, 9.17) is 9.47 Å². The molecule has 1 aromatic rings. The molecular formula is C10H13NO3S. The molecule has 0 spiro atoms. The normalized spacial score (nSPS) is 17.7. The van der Waals surface area contributed by atoms with E-state index in [-0.39, 0.29) is 5.97 Å². The van der Waals surface area contributed by atoms with Gasteiger partial charge >= 0.3 is 5.97 Å². The Morgan fingerprint density at radius 2 is 2.33 bits per heavy atom. The Morgan fingerprint density at radius 1 is 1.60 bits per heavy atom. The molecule has 0 amide bonds. The molecule has 0 unspecified atom stereocenters. The van der Waals surface area contributed by atoms with E-state index in [0.717, 1.165) is 30.9 Å². The first-order valence-corrected chi connectivity index (χ1v) is 5.80. The highest BCUT2D eigenvalue weighted by atomic mass is 32.1. The minimum absolute atomic E-state index is 0.335. The topological polar surface area (TPSA) is 48.4 Å². The predicted molar refractivity (Wildman–Crippen MR) is 56.2 cm³/mol. The molecule has 1 aliphatic heterocycles. The van der Waals surface area contributed by atoms with Gasteiger partial charge in [-0.3, -0.25) is 0 Å². The number of carbonyl (C=O) groups excluding carboxylic acids is 1. The number of hydrogen-bond donors (Lipinski definition) is 0. The summed E-state index contributed by atoms with van der Waals surface area (Å²) in [5.74, 6) is 0.0677. The first kappa shape index (κ1) is 10.6. The van der Waals surface area contributed by atoms with Gasteiger partial charge in [0.15, 0.2) is 5.69 Å². The van der Waals surface area contributed by atoms with Gasteiger partial charge in [0.05, 0.1) is 12.6 Å². The van der Waals surface area contributed by atoms with Crippen molar-refractivity contribution < 1.29 is 14.3 Å². The molecule has 82 valence electrons. The van der Waals surface area contributed by atoms with Gasteiger partial charge in [-0.15, -0.1) is 11.3 Å². The highest BCUT2D eigenvalue weighted by molar-refractivity contribution is 7.10. The summed E-state index contributed by atoms with van der Waals surface area (Å²) in [4.78, 5) is 16.5. The Balaban J connectivity index is 2.19. The summed E-state index contributed by atoms with van der Waals surface area (Å²) >= 11 is 1.53. The molecule has 0 aliphatic carbocycles. The van der Waals surface area contributed by atoms with Crippen molar-refractivity contribution in [3.8, 4) is 0 Å². The van der Waals surface area contributed by atoms with Crippen LogP contribution in [0.3, 0.4) is 0 Å². The zero-order valence-electron chi connectivity index (χ0n) is 8.56. The number of nitrogens with zero attached hydrogens (tertiary/aromatic N) is 1. The van der Waals surface area contributed by atoms with Crippen LogP contribution in [0.2, 0.25) is 0 Å². The maximum Gasteiger partial charge on any atom is 0.357 e. The lowest BCUT2D eigenvalue weighted by Gasteiger charge is -2.21. The lowest BCUT2D eigenvalue weighted by Crippen LogP contribution is -2.16. The molecule has 0 bridgehead atoms. The summed E-state index contributed by atoms with van der Waals surface area (Å²) in [6.45, 7) is 1.53. The van der Waals surface area contributed by atoms with E-state index in [9.17, 15) is 4.79 Å². The minimum Gasteiger partial charge on any atom is -0.464 e. The largest absolute Gasteiger partial charge is 0.464 e. The third-order valence-corrected chi connectivity index (χ3v) is 3.56. The molecule has 2 heterocycles. The molecule has 0 N–H and O–H groups in total. The van der Waals surface area contributed by atoms with Crippen LogP contribution in [-0.4, -0.2) is 31.3 Å². The van der Waals surface area contributed by atoms with Crippen molar-refractivity contribution in [3.05, 3.63) is 16.1 Å². The smallest absolute Gasteiger partial charge is 0.357 e. The van der Waals surface area contributed by atoms with Gasteiger partial charge in [-0.05, 0) is 12.8 Å². The monoisotopic (exact) mass is 227 g/mol. The molecule has 0 atom stereocenters. The van der Waals surface area contributed by atoms with E-state index in [0.29, 0.717) is 11.6 Å². The van der Waals surface area contributed by atoms with Gasteiger partial charge in [0.2, 0.25) is 0 Å². The fourth-order valence-electron chi connectivity index (χ4n) is 1.75. The van der Waals surface area contributed by atoms with E-state index < -0.39 is 0 Å². The molecule has 5 heteroatoms. The van der Waals surface area contributed by atoms with Crippen molar-refractivity contribution in [2.45, 2.75) is 18.8 Å². The summed E-state index contributed by atoms with van der Waals surface area (Å²) in [6, 6.07) is 0. The molecule has 4 nitrogen and oxygen atoms in total. The second kappa shape index (κ2) is 4.72. The maximum atomic E-state index is 11.4. The van der Waals surface area contributed by atoms with E-state index in [1.807, 2.05) is 0 Å². The number of thiazole rings is 1. The second-order valence-corrected chi connectivity index (χ2v) is 4.33. The van der Waals surface area contributed by atoms with Gasteiger partial charge in [-0.1, -0.05) is 0 Å². The lowest BCUT2D eigenvalue weighted by molar-refractivity contribution is 0.0587. The van der Waals surface area contributed by atoms with Gasteiger partial charge in [0.25, 0.3) is 0 Å². The van der Waals surface area contributed by atoms with Crippen molar-refractivity contribution in [1.82, 2.24) is 4.98 Å². The van der Waals surface area contributed by atoms with Gasteiger partial charge < -0.3 is 9.47 Å². The van der Waals surface area contributed by atoms with Crippen LogP contribution in [0.1, 0.15) is 34.1 Å². The molecule has 0 aromatic carbocycles. The van der Waals surface area contributed by atoms with Gasteiger partial charge in [-0.2, -0.15) is 0 Å². The zero-order chi connectivity index (χ0) is 10.7. The first-order valence-electron chi connectivity index (χ1n) is 4.92. The third-order valence-electron chi connectivity index (χ3n) is 2.57. The van der Waals surface area contributed by atoms with E-state index in [1.54, 1.807) is 5.51 Å². The fourth-order valence-corrected chi connectivity index (χ4v) is 2.70. The Labute approximate surface area is 92.2 Å². The number of aromatic nitrogens is 1. The Kier molecular flexibility index (Phi) is 3.33. The third kappa shape index (κ3) is 2.18. The highest BCUT2D eigenvalue weighted by Gasteiger charge is 2.24. The van der Waals surface area contributed by atoms with Crippen LogP contribution in [0.25, 0.3) is 0 Å². The Hall–Kier alpha value is -0.940. The van der Waals surface area contributed by atoms with Crippen molar-refractivity contribution >= 4 is 17.3 Å². The van der Waals surface area contributed by atoms with Crippen LogP contribution in [0.15, 0.2) is 5.51 Å². The van der Waals surface area contributed by atoms with Crippen molar-refractivity contribution in [3.63, 3.8) is 0 Å². The van der Waals surface area contributed by atoms with Crippen LogP contribution in [-0.2, 0) is 9.47 Å². The molecule has 15 heavy (non-hydrogen) atoms. The summed E-state index contributed by atoms with van der Waals surface area (Å²) in [5, 5.41) is 0. The number of hydrogen-bond acceptors (Lipinski definition) is 5. The van der Waals surface area contributed by atoms with Crippen molar-refractivity contribution in [2.75, 3.05) is 20.3 Å². The SMILES string of the molecule is COC(=O)c1ncsc1C1CCOCC1. The van der Waals surface area contributed by atoms with Crippen LogP contribution in [0, 0.1) is 0 Å². The average Bonchev–Trinajstić information content (AvgIpc) is 2.78. The molecule has 0 radical (unpaired) electrons. The van der Waals surface area contributed by atoms with Crippen molar-refractivity contribution in [1.29, 1.82) is 0 Å². The standard InChI is InChI=1S/C10H13NO3S/c1-13-10(12)8-9(15-6-11-8)7-2-4-14-5-3-7/h6-7H,2-5H2,1H3. The van der Waals surface area contributed by atoms with Gasteiger partial charge in [0.1, 0.15) is 0 Å². The van der Waals surface area contributed by atoms with Crippen LogP contribution in [0.4, 0.5) is 0 Å². The summed E-state index contributed by atoms with van der Waals surface area (Å²) in [6.07, 6.45) is 1.93. The fraction of sp³-hybridized carbons (Fsp3) is 0.600. The highest BCUT2D eigenvalue weighted by Crippen LogP contribution is 2.32.